The third-order valence-electron chi connectivity index (χ3n) is 0.172. The van der Waals surface area contributed by atoms with Gasteiger partial charge in [-0.15, -0.1) is 9.79 Å². The van der Waals surface area contributed by atoms with Crippen LogP contribution in [0.1, 0.15) is 0 Å². The van der Waals surface area contributed by atoms with Gasteiger partial charge in [-0.3, -0.25) is 0 Å². The van der Waals surface area contributed by atoms with Crippen molar-refractivity contribution in [3.63, 3.8) is 0 Å². The van der Waals surface area contributed by atoms with E-state index in [1.54, 1.807) is 0 Å². The van der Waals surface area contributed by atoms with E-state index in [2.05, 4.69) is 21.0 Å². The van der Waals surface area contributed by atoms with E-state index >= 15 is 0 Å². The molecule has 10 heteroatoms. The molecular formula is H6N2O6P2+2. The van der Waals surface area contributed by atoms with Crippen LogP contribution in [0.5, 0.6) is 0 Å². The summed E-state index contributed by atoms with van der Waals surface area (Å²) in [7, 11) is -5.14. The molecule has 10 heavy (non-hydrogen) atoms. The highest BCUT2D eigenvalue weighted by Crippen LogP contribution is 2.14. The average molecular weight is 192 g/mol. The maximum absolute atomic E-state index is 9.63. The summed E-state index contributed by atoms with van der Waals surface area (Å²) in [6.45, 7) is 0. The molecule has 0 atom stereocenters. The molecule has 0 fully saturated rings. The van der Waals surface area contributed by atoms with Crippen LogP contribution >= 0.6 is 16.5 Å². The minimum atomic E-state index is -2.87. The summed E-state index contributed by atoms with van der Waals surface area (Å²) in [5.74, 6) is 8.59. The van der Waals surface area contributed by atoms with Gasteiger partial charge < -0.3 is 0 Å². The van der Waals surface area contributed by atoms with Crippen LogP contribution in [0.15, 0.2) is 0 Å². The highest BCUT2D eigenvalue weighted by molar-refractivity contribution is 7.33. The zero-order chi connectivity index (χ0) is 8.57. The summed E-state index contributed by atoms with van der Waals surface area (Å²) in [5.41, 5.74) is 0. The van der Waals surface area contributed by atoms with Gasteiger partial charge in [0.15, 0.2) is 0 Å². The Morgan fingerprint density at radius 1 is 1.10 bits per heavy atom. The second-order valence-electron chi connectivity index (χ2n) is 0.687. The Hall–Kier alpha value is -0.0400. The van der Waals surface area contributed by atoms with Crippen LogP contribution in [0.25, 0.3) is 0 Å². The van der Waals surface area contributed by atoms with Crippen LogP contribution in [-0.4, -0.2) is 9.79 Å². The molecule has 0 unspecified atom stereocenters. The zero-order valence-electron chi connectivity index (χ0n) is 4.58. The fraction of sp³-hybridized carbons (Fsp3) is 0. The first-order chi connectivity index (χ1) is 4.54. The summed E-state index contributed by atoms with van der Waals surface area (Å²) in [6.07, 6.45) is 0. The Morgan fingerprint density at radius 3 is 1.30 bits per heavy atom. The molecule has 0 saturated carbocycles. The molecule has 0 heterocycles. The number of hydrogen-bond donors (Lipinski definition) is 4. The van der Waals surface area contributed by atoms with Crippen LogP contribution in [0.3, 0.4) is 0 Å². The fourth-order valence-electron chi connectivity index (χ4n) is 0.0248. The van der Waals surface area contributed by atoms with Gasteiger partial charge in [-0.25, -0.2) is 0 Å². The van der Waals surface area contributed by atoms with Gasteiger partial charge in [0.2, 0.25) is 0 Å². The lowest BCUT2D eigenvalue weighted by molar-refractivity contribution is 0.234. The lowest BCUT2D eigenvalue weighted by Gasteiger charge is -1.65. The highest BCUT2D eigenvalue weighted by Gasteiger charge is 2.13. The first-order valence-electron chi connectivity index (χ1n) is 1.60. The minimum absolute atomic E-state index is 2.27. The summed E-state index contributed by atoms with van der Waals surface area (Å²) < 4.78 is 25.5. The van der Waals surface area contributed by atoms with Crippen molar-refractivity contribution in [2.24, 2.45) is 11.8 Å². The van der Waals surface area contributed by atoms with Crippen LogP contribution in [0, 0.1) is 0 Å². The van der Waals surface area contributed by atoms with E-state index < -0.39 is 16.5 Å². The fourth-order valence-corrected chi connectivity index (χ4v) is 0.0745. The molecule has 6 N–H and O–H groups in total. The maximum Gasteiger partial charge on any atom is 0.734 e. The van der Waals surface area contributed by atoms with Crippen LogP contribution in [0.2, 0.25) is 0 Å². The predicted molar refractivity (Wildman–Crippen MR) is 30.2 cm³/mol. The molecule has 0 radical (unpaired) electrons. The van der Waals surface area contributed by atoms with Gasteiger partial charge in [-0.2, -0.15) is 11.8 Å². The van der Waals surface area contributed by atoms with Gasteiger partial charge in [0.25, 0.3) is 0 Å². The van der Waals surface area contributed by atoms with Crippen LogP contribution < -0.4 is 11.8 Å². The Labute approximate surface area is 57.5 Å². The minimum Gasteiger partial charge on any atom is -0.162 e. The predicted octanol–water partition coefficient (Wildman–Crippen LogP) is -0.947. The molecule has 0 aliphatic rings. The molecule has 0 bridgehead atoms. The van der Waals surface area contributed by atoms with Gasteiger partial charge in [-0.05, 0) is 9.25 Å². The summed E-state index contributed by atoms with van der Waals surface area (Å²) in [6, 6.07) is 0. The first-order valence-corrected chi connectivity index (χ1v) is 3.86. The van der Waals surface area contributed by atoms with E-state index in [0.29, 0.717) is 0 Å². The van der Waals surface area contributed by atoms with Gasteiger partial charge in [0, 0.05) is 9.13 Å². The first kappa shape index (κ1) is 12.6. The molecule has 0 aromatic rings. The van der Waals surface area contributed by atoms with Crippen LogP contribution in [0.4, 0.5) is 0 Å². The van der Waals surface area contributed by atoms with Crippen molar-refractivity contribution in [3.05, 3.63) is 0 Å². The van der Waals surface area contributed by atoms with Gasteiger partial charge in [-0.1, -0.05) is 0 Å². The number of rotatable bonds is 2. The standard InChI is InChI=1S/H4N2O3P.HO3P/c1-4-6(3)5-2;1-4(2)3/h1-2H2;(H-,1,2,3)/q+1;/p+1. The normalized spacial score (nSPS) is 7.60. The number of nitrogens with two attached hydrogens (primary N) is 2. The van der Waals surface area contributed by atoms with Crippen molar-refractivity contribution in [1.29, 1.82) is 0 Å². The lowest BCUT2D eigenvalue weighted by atomic mass is 13.6. The van der Waals surface area contributed by atoms with Crippen molar-refractivity contribution >= 4 is 16.5 Å². The summed E-state index contributed by atoms with van der Waals surface area (Å²) >= 11 is 0. The number of hydrogen-bond acceptors (Lipinski definition) is 6. The third kappa shape index (κ3) is 24.6. The van der Waals surface area contributed by atoms with E-state index in [0.717, 1.165) is 0 Å². The Morgan fingerprint density at radius 2 is 1.30 bits per heavy atom. The van der Waals surface area contributed by atoms with Gasteiger partial charge in [0.1, 0.15) is 0 Å². The summed E-state index contributed by atoms with van der Waals surface area (Å²) in [4.78, 5) is 14.2. The smallest absolute Gasteiger partial charge is 0.162 e. The monoisotopic (exact) mass is 192 g/mol. The van der Waals surface area contributed by atoms with E-state index in [4.69, 9.17) is 14.4 Å². The maximum atomic E-state index is 9.63. The van der Waals surface area contributed by atoms with Crippen molar-refractivity contribution < 1.29 is 28.2 Å². The molecule has 0 spiro atoms. The molecule has 0 aromatic carbocycles. The molecule has 0 amide bonds. The van der Waals surface area contributed by atoms with Crippen molar-refractivity contribution in [1.82, 2.24) is 0 Å². The largest absolute Gasteiger partial charge is 0.734 e. The molecular weight excluding hydrogens is 186 g/mol. The van der Waals surface area contributed by atoms with Crippen molar-refractivity contribution in [2.75, 3.05) is 0 Å². The Bertz CT molecular complexity index is 102. The van der Waals surface area contributed by atoms with E-state index in [1.807, 2.05) is 0 Å². The molecule has 0 aliphatic heterocycles. The second kappa shape index (κ2) is 8.96. The quantitative estimate of drug-likeness (QED) is 0.323. The SMILES string of the molecule is NO[P+](=O)ON.O=[P+](O)O. The van der Waals surface area contributed by atoms with Crippen molar-refractivity contribution in [3.8, 4) is 0 Å². The topological polar surface area (TPSA) is 145 Å². The van der Waals surface area contributed by atoms with Gasteiger partial charge in [0.05, 0.1) is 0 Å². The van der Waals surface area contributed by atoms with E-state index in [9.17, 15) is 4.57 Å². The van der Waals surface area contributed by atoms with Crippen LogP contribution in [-0.2, 0) is 18.4 Å². The molecule has 8 nitrogen and oxygen atoms in total. The highest BCUT2D eigenvalue weighted by atomic mass is 31.1. The average Bonchev–Trinajstić information content (AvgIpc) is 1.85. The Kier molecular flexibility index (Phi) is 11.3. The molecule has 0 rings (SSSR count). The van der Waals surface area contributed by atoms with Crippen molar-refractivity contribution in [2.45, 2.75) is 0 Å². The summed E-state index contributed by atoms with van der Waals surface area (Å²) in [5, 5.41) is 0. The molecule has 60 valence electrons. The molecule has 0 aliphatic carbocycles. The molecule has 0 aromatic heterocycles. The third-order valence-corrected chi connectivity index (χ3v) is 0.516. The second-order valence-corrected chi connectivity index (χ2v) is 2.06. The Balaban J connectivity index is 0. The van der Waals surface area contributed by atoms with E-state index in [1.165, 1.54) is 0 Å². The zero-order valence-corrected chi connectivity index (χ0v) is 6.37. The lowest BCUT2D eigenvalue weighted by Crippen LogP contribution is -1.94. The van der Waals surface area contributed by atoms with Gasteiger partial charge >= 0.3 is 16.5 Å². The van der Waals surface area contributed by atoms with E-state index in [-0.39, 0.29) is 0 Å². The molecule has 0 saturated heterocycles.